The number of carboxylic acids is 1. The molecule has 0 saturated carbocycles. The Morgan fingerprint density at radius 2 is 2.00 bits per heavy atom. The molecule has 0 radical (unpaired) electrons. The van der Waals surface area contributed by atoms with Crippen LogP contribution in [0.4, 0.5) is 8.78 Å². The molecule has 1 aromatic rings. The molecule has 1 amide bonds. The van der Waals surface area contributed by atoms with E-state index in [4.69, 9.17) is 5.11 Å². The molecule has 0 aliphatic carbocycles. The van der Waals surface area contributed by atoms with E-state index in [-0.39, 0.29) is 11.3 Å². The maximum absolute atomic E-state index is 12.0. The normalized spacial score (nSPS) is 10.1. The average Bonchev–Trinajstić information content (AvgIpc) is 2.25. The second kappa shape index (κ2) is 5.78. The summed E-state index contributed by atoms with van der Waals surface area (Å²) in [5.41, 5.74) is -0.144. The number of alkyl halides is 2. The van der Waals surface area contributed by atoms with E-state index in [9.17, 15) is 18.4 Å². The summed E-state index contributed by atoms with van der Waals surface area (Å²) in [4.78, 5) is 21.7. The predicted octanol–water partition coefficient (Wildman–Crippen LogP) is 1.10. The number of benzene rings is 1. The van der Waals surface area contributed by atoms with E-state index in [0.717, 1.165) is 0 Å². The summed E-state index contributed by atoms with van der Waals surface area (Å²) in [5.74, 6) is -2.32. The zero-order chi connectivity index (χ0) is 12.8. The van der Waals surface area contributed by atoms with Gasteiger partial charge in [0.15, 0.2) is 0 Å². The van der Waals surface area contributed by atoms with Crippen LogP contribution in [0.25, 0.3) is 0 Å². The van der Waals surface area contributed by atoms with Crippen LogP contribution in [0, 0.1) is 0 Å². The molecule has 0 fully saturated rings. The highest BCUT2D eigenvalue weighted by Gasteiger charge is 2.15. The number of carbonyl (C=O) groups excluding carboxylic acids is 1. The molecule has 0 atom stereocenters. The summed E-state index contributed by atoms with van der Waals surface area (Å²) in [6.45, 7) is -3.65. The van der Waals surface area contributed by atoms with Crippen molar-refractivity contribution in [2.24, 2.45) is 0 Å². The number of hydrogen-bond donors (Lipinski definition) is 2. The maximum atomic E-state index is 12.0. The molecule has 0 aliphatic heterocycles. The Morgan fingerprint density at radius 3 is 2.59 bits per heavy atom. The van der Waals surface area contributed by atoms with E-state index in [1.54, 1.807) is 0 Å². The maximum Gasteiger partial charge on any atom is 0.387 e. The van der Waals surface area contributed by atoms with Crippen LogP contribution in [0.15, 0.2) is 24.3 Å². The fraction of sp³-hybridized carbons (Fsp3) is 0.200. The molecule has 0 saturated heterocycles. The first-order valence-electron chi connectivity index (χ1n) is 4.54. The van der Waals surface area contributed by atoms with Crippen molar-refractivity contribution >= 4 is 11.9 Å². The third-order valence-corrected chi connectivity index (χ3v) is 1.75. The Labute approximate surface area is 95.0 Å². The molecule has 0 aromatic heterocycles. The quantitative estimate of drug-likeness (QED) is 0.814. The van der Waals surface area contributed by atoms with Crippen LogP contribution >= 0.6 is 0 Å². The number of nitrogens with one attached hydrogen (secondary N) is 1. The molecule has 92 valence electrons. The molecular formula is C10H9F2NO4. The molecule has 1 rings (SSSR count). The van der Waals surface area contributed by atoms with Crippen LogP contribution in [-0.2, 0) is 4.79 Å². The first kappa shape index (κ1) is 12.9. The van der Waals surface area contributed by atoms with Gasteiger partial charge in [-0.2, -0.15) is 8.78 Å². The Hall–Kier alpha value is -2.18. The smallest absolute Gasteiger partial charge is 0.387 e. The van der Waals surface area contributed by atoms with Gasteiger partial charge in [-0.15, -0.1) is 0 Å². The van der Waals surface area contributed by atoms with Crippen molar-refractivity contribution in [3.63, 3.8) is 0 Å². The number of halogens is 2. The van der Waals surface area contributed by atoms with Gasteiger partial charge >= 0.3 is 12.6 Å². The van der Waals surface area contributed by atoms with Gasteiger partial charge < -0.3 is 15.2 Å². The Bertz CT molecular complexity index is 423. The highest BCUT2D eigenvalue weighted by Crippen LogP contribution is 2.19. The Morgan fingerprint density at radius 1 is 1.35 bits per heavy atom. The summed E-state index contributed by atoms with van der Waals surface area (Å²) >= 11 is 0. The summed E-state index contributed by atoms with van der Waals surface area (Å²) in [6, 6.07) is 5.33. The van der Waals surface area contributed by atoms with Gasteiger partial charge in [0.05, 0.1) is 5.56 Å². The SMILES string of the molecule is O=C(O)CNC(=O)c1ccccc1OC(F)F. The minimum absolute atomic E-state index is 0.144. The standard InChI is InChI=1S/C10H9F2NO4/c11-10(12)17-7-4-2-1-3-6(7)9(16)13-5-8(14)15/h1-4,10H,5H2,(H,13,16)(H,14,15). The Balaban J connectivity index is 2.81. The number of hydrogen-bond acceptors (Lipinski definition) is 3. The van der Waals surface area contributed by atoms with Crippen LogP contribution in [0.1, 0.15) is 10.4 Å². The minimum Gasteiger partial charge on any atom is -0.480 e. The number of para-hydroxylation sites is 1. The van der Waals surface area contributed by atoms with Crippen molar-refractivity contribution in [1.82, 2.24) is 5.32 Å². The molecular weight excluding hydrogens is 236 g/mol. The van der Waals surface area contributed by atoms with Crippen LogP contribution in [0.2, 0.25) is 0 Å². The zero-order valence-electron chi connectivity index (χ0n) is 8.52. The topological polar surface area (TPSA) is 75.6 Å². The molecule has 7 heteroatoms. The molecule has 0 heterocycles. The monoisotopic (exact) mass is 245 g/mol. The molecule has 0 spiro atoms. The molecule has 1 aromatic carbocycles. The first-order chi connectivity index (χ1) is 8.00. The van der Waals surface area contributed by atoms with Crippen LogP contribution < -0.4 is 10.1 Å². The van der Waals surface area contributed by atoms with Gasteiger partial charge in [-0.25, -0.2) is 0 Å². The molecule has 5 nitrogen and oxygen atoms in total. The van der Waals surface area contributed by atoms with Gasteiger partial charge in [0.2, 0.25) is 0 Å². The van der Waals surface area contributed by atoms with E-state index in [0.29, 0.717) is 0 Å². The third kappa shape index (κ3) is 4.06. The number of aliphatic carboxylic acids is 1. The van der Waals surface area contributed by atoms with E-state index < -0.39 is 25.0 Å². The molecule has 0 bridgehead atoms. The van der Waals surface area contributed by atoms with E-state index >= 15 is 0 Å². The second-order valence-corrected chi connectivity index (χ2v) is 2.95. The third-order valence-electron chi connectivity index (χ3n) is 1.75. The molecule has 2 N–H and O–H groups in total. The number of carboxylic acid groups (broad SMARTS) is 1. The van der Waals surface area contributed by atoms with Gasteiger partial charge in [0.25, 0.3) is 5.91 Å². The van der Waals surface area contributed by atoms with Crippen molar-refractivity contribution in [1.29, 1.82) is 0 Å². The second-order valence-electron chi connectivity index (χ2n) is 2.95. The lowest BCUT2D eigenvalue weighted by Gasteiger charge is -2.09. The lowest BCUT2D eigenvalue weighted by atomic mass is 10.2. The van der Waals surface area contributed by atoms with Crippen molar-refractivity contribution in [3.05, 3.63) is 29.8 Å². The summed E-state index contributed by atoms with van der Waals surface area (Å²) in [5, 5.41) is 10.4. The van der Waals surface area contributed by atoms with E-state index in [2.05, 4.69) is 4.74 Å². The van der Waals surface area contributed by atoms with Crippen LogP contribution in [0.5, 0.6) is 5.75 Å². The van der Waals surface area contributed by atoms with Crippen LogP contribution in [-0.4, -0.2) is 30.1 Å². The predicted molar refractivity (Wildman–Crippen MR) is 53.0 cm³/mol. The average molecular weight is 245 g/mol. The van der Waals surface area contributed by atoms with Gasteiger partial charge in [-0.1, -0.05) is 12.1 Å². The highest BCUT2D eigenvalue weighted by molar-refractivity contribution is 5.98. The molecule has 0 aliphatic rings. The summed E-state index contributed by atoms with van der Waals surface area (Å²) in [6.07, 6.45) is 0. The highest BCUT2D eigenvalue weighted by atomic mass is 19.3. The minimum atomic E-state index is -3.05. The fourth-order valence-corrected chi connectivity index (χ4v) is 1.10. The van der Waals surface area contributed by atoms with Crippen LogP contribution in [0.3, 0.4) is 0 Å². The zero-order valence-corrected chi connectivity index (χ0v) is 8.52. The Kier molecular flexibility index (Phi) is 4.38. The lowest BCUT2D eigenvalue weighted by molar-refractivity contribution is -0.135. The van der Waals surface area contributed by atoms with Gasteiger partial charge in [-0.05, 0) is 12.1 Å². The van der Waals surface area contributed by atoms with Gasteiger partial charge in [0, 0.05) is 0 Å². The largest absolute Gasteiger partial charge is 0.480 e. The molecule has 0 unspecified atom stereocenters. The van der Waals surface area contributed by atoms with E-state index in [1.807, 2.05) is 5.32 Å². The van der Waals surface area contributed by atoms with Crippen molar-refractivity contribution in [2.75, 3.05) is 6.54 Å². The molecule has 17 heavy (non-hydrogen) atoms. The lowest BCUT2D eigenvalue weighted by Crippen LogP contribution is -2.29. The van der Waals surface area contributed by atoms with Crippen molar-refractivity contribution in [3.8, 4) is 5.75 Å². The van der Waals surface area contributed by atoms with Crippen molar-refractivity contribution < 1.29 is 28.2 Å². The summed E-state index contributed by atoms with van der Waals surface area (Å²) in [7, 11) is 0. The van der Waals surface area contributed by atoms with E-state index in [1.165, 1.54) is 24.3 Å². The van der Waals surface area contributed by atoms with Gasteiger partial charge in [0.1, 0.15) is 12.3 Å². The van der Waals surface area contributed by atoms with Gasteiger partial charge in [-0.3, -0.25) is 9.59 Å². The first-order valence-corrected chi connectivity index (χ1v) is 4.54. The number of carbonyl (C=O) groups is 2. The number of ether oxygens (including phenoxy) is 1. The number of rotatable bonds is 5. The fourth-order valence-electron chi connectivity index (χ4n) is 1.10. The number of amides is 1. The van der Waals surface area contributed by atoms with Crippen molar-refractivity contribution in [2.45, 2.75) is 6.61 Å². The summed E-state index contributed by atoms with van der Waals surface area (Å²) < 4.78 is 28.2.